The number of rotatable bonds is 9. The van der Waals surface area contributed by atoms with Crippen LogP contribution >= 0.6 is 8.58 Å². The standard InChI is InChI=1S/C21H30N3P/c1-6-7-10-13-22-21(24-18(4)20(25-5)15-23-24)14-17(3)19-12-9-8-11-16(19)2/h8-9,11-12,14-15,22,25H,3,6-7,10,13H2,1-2,4-5H3/b21-14-. The minimum atomic E-state index is 0.751. The lowest BCUT2D eigenvalue weighted by atomic mass is 10.0. The van der Waals surface area contributed by atoms with E-state index in [0.29, 0.717) is 0 Å². The van der Waals surface area contributed by atoms with Gasteiger partial charge in [-0.2, -0.15) is 5.10 Å². The maximum Gasteiger partial charge on any atom is 0.128 e. The summed E-state index contributed by atoms with van der Waals surface area (Å²) in [5.41, 5.74) is 4.62. The molecule has 1 unspecified atom stereocenters. The molecule has 0 saturated heterocycles. The first kappa shape index (κ1) is 19.5. The Labute approximate surface area is 154 Å². The van der Waals surface area contributed by atoms with Crippen LogP contribution in [0.2, 0.25) is 0 Å². The van der Waals surface area contributed by atoms with Gasteiger partial charge in [0.25, 0.3) is 0 Å². The molecule has 0 saturated carbocycles. The molecular formula is C21H30N3P. The Morgan fingerprint density at radius 1 is 1.28 bits per heavy atom. The maximum atomic E-state index is 4.61. The third-order valence-corrected chi connectivity index (χ3v) is 5.43. The Morgan fingerprint density at radius 3 is 2.68 bits per heavy atom. The Hall–Kier alpha value is -1.86. The van der Waals surface area contributed by atoms with E-state index < -0.39 is 0 Å². The summed E-state index contributed by atoms with van der Waals surface area (Å²) in [6.07, 6.45) is 7.72. The van der Waals surface area contributed by atoms with Crippen molar-refractivity contribution in [3.05, 3.63) is 59.9 Å². The fourth-order valence-corrected chi connectivity index (χ4v) is 3.51. The molecule has 0 aliphatic carbocycles. The lowest BCUT2D eigenvalue weighted by Crippen LogP contribution is -2.21. The van der Waals surface area contributed by atoms with Crippen LogP contribution in [0.15, 0.2) is 43.1 Å². The van der Waals surface area contributed by atoms with Crippen LogP contribution in [-0.2, 0) is 0 Å². The van der Waals surface area contributed by atoms with Crippen LogP contribution < -0.4 is 10.6 Å². The molecule has 1 N–H and O–H groups in total. The summed E-state index contributed by atoms with van der Waals surface area (Å²) in [6.45, 7) is 13.9. The summed E-state index contributed by atoms with van der Waals surface area (Å²) >= 11 is 0. The summed E-state index contributed by atoms with van der Waals surface area (Å²) in [6, 6.07) is 8.37. The Kier molecular flexibility index (Phi) is 7.46. The van der Waals surface area contributed by atoms with Crippen LogP contribution in [0.4, 0.5) is 0 Å². The fraction of sp³-hybridized carbons (Fsp3) is 0.381. The number of aromatic nitrogens is 2. The van der Waals surface area contributed by atoms with E-state index in [1.165, 1.54) is 35.0 Å². The highest BCUT2D eigenvalue weighted by molar-refractivity contribution is 7.46. The largest absolute Gasteiger partial charge is 0.370 e. The van der Waals surface area contributed by atoms with Gasteiger partial charge in [0.15, 0.2) is 0 Å². The van der Waals surface area contributed by atoms with E-state index in [1.807, 2.05) is 10.9 Å². The third-order valence-electron chi connectivity index (χ3n) is 4.40. The van der Waals surface area contributed by atoms with Crippen molar-refractivity contribution in [1.82, 2.24) is 15.1 Å². The predicted molar refractivity (Wildman–Crippen MR) is 113 cm³/mol. The maximum absolute atomic E-state index is 4.61. The molecule has 0 bridgehead atoms. The van der Waals surface area contributed by atoms with Crippen LogP contribution in [0.25, 0.3) is 11.4 Å². The number of hydrogen-bond donors (Lipinski definition) is 1. The van der Waals surface area contributed by atoms with Gasteiger partial charge in [0.2, 0.25) is 0 Å². The summed E-state index contributed by atoms with van der Waals surface area (Å²) < 4.78 is 2.02. The van der Waals surface area contributed by atoms with Crippen molar-refractivity contribution in [2.45, 2.75) is 40.0 Å². The predicted octanol–water partition coefficient (Wildman–Crippen LogP) is 4.73. The first-order valence-corrected chi connectivity index (χ1v) is 10.5. The quantitative estimate of drug-likeness (QED) is 0.400. The van der Waals surface area contributed by atoms with Crippen molar-refractivity contribution in [3.8, 4) is 0 Å². The summed E-state index contributed by atoms with van der Waals surface area (Å²) in [4.78, 5) is 0. The number of unbranched alkanes of at least 4 members (excludes halogenated alkanes) is 2. The molecule has 2 rings (SSSR count). The van der Waals surface area contributed by atoms with E-state index in [2.05, 4.69) is 74.8 Å². The van der Waals surface area contributed by atoms with Gasteiger partial charge in [-0.3, -0.25) is 0 Å². The van der Waals surface area contributed by atoms with E-state index in [1.54, 1.807) is 0 Å². The molecule has 134 valence electrons. The van der Waals surface area contributed by atoms with E-state index in [4.69, 9.17) is 0 Å². The molecule has 0 radical (unpaired) electrons. The zero-order valence-corrected chi connectivity index (χ0v) is 16.9. The van der Waals surface area contributed by atoms with Crippen molar-refractivity contribution in [2.75, 3.05) is 13.2 Å². The lowest BCUT2D eigenvalue weighted by molar-refractivity contribution is 0.665. The van der Waals surface area contributed by atoms with Crippen LogP contribution in [0.5, 0.6) is 0 Å². The molecule has 0 amide bonds. The molecule has 2 aromatic rings. The van der Waals surface area contributed by atoms with Gasteiger partial charge in [-0.25, -0.2) is 4.68 Å². The average molecular weight is 355 g/mol. The zero-order chi connectivity index (χ0) is 18.2. The van der Waals surface area contributed by atoms with Crippen LogP contribution in [0.1, 0.15) is 43.0 Å². The van der Waals surface area contributed by atoms with Gasteiger partial charge in [0.1, 0.15) is 5.82 Å². The molecule has 0 spiro atoms. The Bertz CT molecular complexity index is 743. The Balaban J connectivity index is 2.31. The highest BCUT2D eigenvalue weighted by Crippen LogP contribution is 2.21. The van der Waals surface area contributed by atoms with Gasteiger partial charge >= 0.3 is 0 Å². The minimum absolute atomic E-state index is 0.751. The molecule has 4 heteroatoms. The number of allylic oxidation sites excluding steroid dienone is 2. The topological polar surface area (TPSA) is 29.9 Å². The van der Waals surface area contributed by atoms with Gasteiger partial charge in [-0.15, -0.1) is 0 Å². The molecule has 25 heavy (non-hydrogen) atoms. The van der Waals surface area contributed by atoms with Crippen molar-refractivity contribution >= 4 is 25.3 Å². The average Bonchev–Trinajstić information content (AvgIpc) is 2.98. The fourth-order valence-electron chi connectivity index (χ4n) is 2.85. The molecule has 0 fully saturated rings. The normalized spacial score (nSPS) is 12.1. The van der Waals surface area contributed by atoms with Crippen molar-refractivity contribution < 1.29 is 0 Å². The first-order valence-electron chi connectivity index (χ1n) is 9.01. The SMILES string of the molecule is C=C(/C=C(/NCCCCC)n1ncc(PC)c1C)c1ccccc1C. The number of nitrogens with zero attached hydrogens (tertiary/aromatic N) is 2. The number of hydrogen-bond acceptors (Lipinski definition) is 2. The molecule has 3 nitrogen and oxygen atoms in total. The number of benzene rings is 1. The number of nitrogens with one attached hydrogen (secondary N) is 1. The molecule has 1 heterocycles. The first-order chi connectivity index (χ1) is 12.1. The van der Waals surface area contributed by atoms with Crippen LogP contribution in [-0.4, -0.2) is 23.0 Å². The molecule has 1 atom stereocenters. The van der Waals surface area contributed by atoms with Crippen LogP contribution in [0, 0.1) is 13.8 Å². The van der Waals surface area contributed by atoms with E-state index in [9.17, 15) is 0 Å². The zero-order valence-electron chi connectivity index (χ0n) is 15.9. The van der Waals surface area contributed by atoms with E-state index in [0.717, 1.165) is 32.9 Å². The molecule has 1 aromatic heterocycles. The molecule has 1 aromatic carbocycles. The lowest BCUT2D eigenvalue weighted by Gasteiger charge is -2.15. The second-order valence-corrected chi connectivity index (χ2v) is 7.35. The number of aryl methyl sites for hydroxylation is 1. The molecule has 0 aliphatic rings. The summed E-state index contributed by atoms with van der Waals surface area (Å²) in [5, 5.41) is 9.49. The highest BCUT2D eigenvalue weighted by atomic mass is 31.1. The monoisotopic (exact) mass is 355 g/mol. The van der Waals surface area contributed by atoms with Gasteiger partial charge in [0.05, 0.1) is 11.9 Å². The van der Waals surface area contributed by atoms with Gasteiger partial charge in [-0.05, 0) is 49.7 Å². The third kappa shape index (κ3) is 5.06. The Morgan fingerprint density at radius 2 is 2.04 bits per heavy atom. The van der Waals surface area contributed by atoms with E-state index >= 15 is 0 Å². The minimum Gasteiger partial charge on any atom is -0.370 e. The molecular weight excluding hydrogens is 325 g/mol. The van der Waals surface area contributed by atoms with Gasteiger partial charge < -0.3 is 5.32 Å². The van der Waals surface area contributed by atoms with Gasteiger partial charge in [0, 0.05) is 11.8 Å². The van der Waals surface area contributed by atoms with Crippen LogP contribution in [0.3, 0.4) is 0 Å². The highest BCUT2D eigenvalue weighted by Gasteiger charge is 2.10. The van der Waals surface area contributed by atoms with Crippen molar-refractivity contribution in [2.24, 2.45) is 0 Å². The van der Waals surface area contributed by atoms with Gasteiger partial charge in [-0.1, -0.05) is 59.2 Å². The second kappa shape index (κ2) is 9.58. The molecule has 0 aliphatic heterocycles. The summed E-state index contributed by atoms with van der Waals surface area (Å²) in [5.74, 6) is 1.01. The van der Waals surface area contributed by atoms with E-state index in [-0.39, 0.29) is 0 Å². The summed E-state index contributed by atoms with van der Waals surface area (Å²) in [7, 11) is 0.751. The van der Waals surface area contributed by atoms with Crippen molar-refractivity contribution in [3.63, 3.8) is 0 Å². The second-order valence-electron chi connectivity index (χ2n) is 6.31. The smallest absolute Gasteiger partial charge is 0.128 e. The van der Waals surface area contributed by atoms with Crippen molar-refractivity contribution in [1.29, 1.82) is 0 Å².